The van der Waals surface area contributed by atoms with Crippen LogP contribution in [0.2, 0.25) is 5.02 Å². The fourth-order valence-electron chi connectivity index (χ4n) is 2.05. The van der Waals surface area contributed by atoms with Gasteiger partial charge in [-0.25, -0.2) is 4.79 Å². The normalized spacial score (nSPS) is 10.1. The highest BCUT2D eigenvalue weighted by molar-refractivity contribution is 6.32. The Labute approximate surface area is 146 Å². The first kappa shape index (κ1) is 17.9. The van der Waals surface area contributed by atoms with E-state index in [2.05, 4.69) is 10.6 Å². The third kappa shape index (κ3) is 6.01. The molecule has 6 heteroatoms. The van der Waals surface area contributed by atoms with Crippen molar-refractivity contribution >= 4 is 17.6 Å². The number of hydrogen-bond acceptors (Lipinski definition) is 3. The Hall–Kier alpha value is -2.40. The zero-order chi connectivity index (χ0) is 17.2. The number of nitrogens with one attached hydrogen (secondary N) is 2. The van der Waals surface area contributed by atoms with Crippen LogP contribution < -0.4 is 20.1 Å². The molecule has 0 aliphatic heterocycles. The van der Waals surface area contributed by atoms with Gasteiger partial charge in [0.25, 0.3) is 0 Å². The number of halogens is 1. The van der Waals surface area contributed by atoms with E-state index < -0.39 is 0 Å². The predicted octanol–water partition coefficient (Wildman–Crippen LogP) is 3.62. The predicted molar refractivity (Wildman–Crippen MR) is 94.8 cm³/mol. The smallest absolute Gasteiger partial charge is 0.315 e. The Bertz CT molecular complexity index is 664. The monoisotopic (exact) mass is 348 g/mol. The van der Waals surface area contributed by atoms with E-state index in [9.17, 15) is 4.79 Å². The zero-order valence-electron chi connectivity index (χ0n) is 13.5. The van der Waals surface area contributed by atoms with Gasteiger partial charge in [-0.2, -0.15) is 0 Å². The second kappa shape index (κ2) is 9.67. The van der Waals surface area contributed by atoms with Crippen molar-refractivity contribution in [3.8, 4) is 11.5 Å². The van der Waals surface area contributed by atoms with Crippen LogP contribution in [0.3, 0.4) is 0 Å². The van der Waals surface area contributed by atoms with Crippen LogP contribution in [0.15, 0.2) is 48.5 Å². The first-order valence-electron chi connectivity index (χ1n) is 7.71. The minimum Gasteiger partial charge on any atom is -0.497 e. The fraction of sp³-hybridized carbons (Fsp3) is 0.278. The maximum atomic E-state index is 11.7. The maximum Gasteiger partial charge on any atom is 0.315 e. The topological polar surface area (TPSA) is 59.6 Å². The average Bonchev–Trinajstić information content (AvgIpc) is 2.61. The third-order valence-corrected chi connectivity index (χ3v) is 3.60. The first-order chi connectivity index (χ1) is 11.7. The van der Waals surface area contributed by atoms with Crippen LogP contribution in [-0.4, -0.2) is 26.3 Å². The minimum atomic E-state index is -0.212. The van der Waals surface area contributed by atoms with Crippen LogP contribution >= 0.6 is 11.6 Å². The van der Waals surface area contributed by atoms with Gasteiger partial charge in [0.05, 0.1) is 18.7 Å². The standard InChI is InChI=1S/C18H21ClN2O3/c1-23-15-7-4-6-14(12-15)13-21-18(22)20-10-5-11-24-17-9-3-2-8-16(17)19/h2-4,6-9,12H,5,10-11,13H2,1H3,(H2,20,21,22). The summed E-state index contributed by atoms with van der Waals surface area (Å²) in [7, 11) is 1.62. The fourth-order valence-corrected chi connectivity index (χ4v) is 2.24. The highest BCUT2D eigenvalue weighted by atomic mass is 35.5. The molecule has 0 atom stereocenters. The van der Waals surface area contributed by atoms with E-state index >= 15 is 0 Å². The van der Waals surface area contributed by atoms with Crippen LogP contribution in [0.4, 0.5) is 4.79 Å². The lowest BCUT2D eigenvalue weighted by Gasteiger charge is -2.10. The number of para-hydroxylation sites is 1. The molecule has 0 fully saturated rings. The molecule has 0 saturated heterocycles. The summed E-state index contributed by atoms with van der Waals surface area (Å²) in [6, 6.07) is 14.7. The van der Waals surface area contributed by atoms with Crippen molar-refractivity contribution < 1.29 is 14.3 Å². The number of carbonyl (C=O) groups is 1. The quantitative estimate of drug-likeness (QED) is 0.716. The lowest BCUT2D eigenvalue weighted by Crippen LogP contribution is -2.36. The van der Waals surface area contributed by atoms with Gasteiger partial charge in [0.2, 0.25) is 0 Å². The van der Waals surface area contributed by atoms with Gasteiger partial charge in [0, 0.05) is 13.1 Å². The highest BCUT2D eigenvalue weighted by Crippen LogP contribution is 2.22. The van der Waals surface area contributed by atoms with Crippen molar-refractivity contribution in [2.75, 3.05) is 20.3 Å². The molecule has 0 aliphatic carbocycles. The van der Waals surface area contributed by atoms with Crippen LogP contribution in [0.1, 0.15) is 12.0 Å². The van der Waals surface area contributed by atoms with Crippen molar-refractivity contribution in [1.82, 2.24) is 10.6 Å². The van der Waals surface area contributed by atoms with Gasteiger partial charge in [-0.3, -0.25) is 0 Å². The van der Waals surface area contributed by atoms with E-state index in [1.165, 1.54) is 0 Å². The van der Waals surface area contributed by atoms with E-state index in [0.717, 1.165) is 11.3 Å². The highest BCUT2D eigenvalue weighted by Gasteiger charge is 2.02. The maximum absolute atomic E-state index is 11.7. The van der Waals surface area contributed by atoms with Crippen molar-refractivity contribution in [3.05, 3.63) is 59.1 Å². The number of urea groups is 1. The Balaban J connectivity index is 1.60. The molecule has 2 N–H and O–H groups in total. The summed E-state index contributed by atoms with van der Waals surface area (Å²) in [4.78, 5) is 11.7. The van der Waals surface area contributed by atoms with Gasteiger partial charge in [-0.15, -0.1) is 0 Å². The largest absolute Gasteiger partial charge is 0.497 e. The number of methoxy groups -OCH3 is 1. The Kier molecular flexibility index (Phi) is 7.23. The van der Waals surface area contributed by atoms with Gasteiger partial charge in [0.15, 0.2) is 0 Å². The number of carbonyl (C=O) groups excluding carboxylic acids is 1. The molecule has 0 saturated carbocycles. The molecule has 2 amide bonds. The molecule has 0 spiro atoms. The second-order valence-electron chi connectivity index (χ2n) is 5.09. The summed E-state index contributed by atoms with van der Waals surface area (Å²) in [5, 5.41) is 6.17. The number of ether oxygens (including phenoxy) is 2. The average molecular weight is 349 g/mol. The second-order valence-corrected chi connectivity index (χ2v) is 5.50. The van der Waals surface area contributed by atoms with Crippen LogP contribution in [-0.2, 0) is 6.54 Å². The zero-order valence-corrected chi connectivity index (χ0v) is 14.3. The molecule has 128 valence electrons. The van der Waals surface area contributed by atoms with E-state index in [1.807, 2.05) is 42.5 Å². The number of hydrogen-bond donors (Lipinski definition) is 2. The lowest BCUT2D eigenvalue weighted by molar-refractivity contribution is 0.238. The number of benzene rings is 2. The molecular weight excluding hydrogens is 328 g/mol. The molecule has 5 nitrogen and oxygen atoms in total. The Morgan fingerprint density at radius 1 is 1.12 bits per heavy atom. The van der Waals surface area contributed by atoms with E-state index in [1.54, 1.807) is 13.2 Å². The van der Waals surface area contributed by atoms with E-state index in [0.29, 0.717) is 36.9 Å². The Morgan fingerprint density at radius 2 is 1.96 bits per heavy atom. The molecule has 0 heterocycles. The first-order valence-corrected chi connectivity index (χ1v) is 8.09. The third-order valence-electron chi connectivity index (χ3n) is 3.29. The van der Waals surface area contributed by atoms with Crippen LogP contribution in [0.25, 0.3) is 0 Å². The van der Waals surface area contributed by atoms with Crippen molar-refractivity contribution in [2.24, 2.45) is 0 Å². The summed E-state index contributed by atoms with van der Waals surface area (Å²) in [6.45, 7) is 1.45. The van der Waals surface area contributed by atoms with Gasteiger partial charge >= 0.3 is 6.03 Å². The van der Waals surface area contributed by atoms with Gasteiger partial charge in [-0.05, 0) is 36.2 Å². The van der Waals surface area contributed by atoms with E-state index in [-0.39, 0.29) is 6.03 Å². The van der Waals surface area contributed by atoms with Gasteiger partial charge in [0.1, 0.15) is 11.5 Å². The summed E-state index contributed by atoms with van der Waals surface area (Å²) in [6.07, 6.45) is 0.692. The van der Waals surface area contributed by atoms with Crippen LogP contribution in [0.5, 0.6) is 11.5 Å². The SMILES string of the molecule is COc1cccc(CNC(=O)NCCCOc2ccccc2Cl)c1. The summed E-state index contributed by atoms with van der Waals surface area (Å²) < 4.78 is 10.7. The molecule has 24 heavy (non-hydrogen) atoms. The van der Waals surface area contributed by atoms with Crippen molar-refractivity contribution in [3.63, 3.8) is 0 Å². The molecule has 0 radical (unpaired) electrons. The van der Waals surface area contributed by atoms with Crippen molar-refractivity contribution in [2.45, 2.75) is 13.0 Å². The molecule has 2 aromatic rings. The number of amides is 2. The summed E-state index contributed by atoms with van der Waals surface area (Å²) in [5.74, 6) is 1.42. The minimum absolute atomic E-state index is 0.212. The van der Waals surface area contributed by atoms with Crippen LogP contribution in [0, 0.1) is 0 Å². The van der Waals surface area contributed by atoms with Gasteiger partial charge < -0.3 is 20.1 Å². The lowest BCUT2D eigenvalue weighted by atomic mass is 10.2. The van der Waals surface area contributed by atoms with Gasteiger partial charge in [-0.1, -0.05) is 35.9 Å². The number of rotatable bonds is 8. The molecular formula is C18H21ClN2O3. The van der Waals surface area contributed by atoms with E-state index in [4.69, 9.17) is 21.1 Å². The Morgan fingerprint density at radius 3 is 2.75 bits per heavy atom. The molecule has 0 bridgehead atoms. The molecule has 0 unspecified atom stereocenters. The molecule has 2 rings (SSSR count). The molecule has 2 aromatic carbocycles. The molecule has 0 aromatic heterocycles. The van der Waals surface area contributed by atoms with Crippen molar-refractivity contribution in [1.29, 1.82) is 0 Å². The molecule has 0 aliphatic rings. The summed E-state index contributed by atoms with van der Waals surface area (Å²) >= 11 is 5.99. The summed E-state index contributed by atoms with van der Waals surface area (Å²) in [5.41, 5.74) is 0.978.